The van der Waals surface area contributed by atoms with Gasteiger partial charge < -0.3 is 10.4 Å². The molecule has 0 aliphatic heterocycles. The molecule has 0 spiro atoms. The van der Waals surface area contributed by atoms with Crippen LogP contribution >= 0.6 is 0 Å². The van der Waals surface area contributed by atoms with Gasteiger partial charge in [0, 0.05) is 18.2 Å². The fraction of sp³-hybridized carbons (Fsp3) is 0.261. The molecule has 3 rings (SSSR count). The minimum absolute atomic E-state index is 0.0385. The molecule has 0 radical (unpaired) electrons. The molecule has 1 fully saturated rings. The van der Waals surface area contributed by atoms with Crippen molar-refractivity contribution in [3.8, 4) is 6.07 Å². The Bertz CT molecular complexity index is 1180. The number of sulfonamides is 1. The molecule has 9 heteroatoms. The third kappa shape index (κ3) is 4.88. The summed E-state index contributed by atoms with van der Waals surface area (Å²) < 4.78 is 27.8. The van der Waals surface area contributed by atoms with Gasteiger partial charge in [0.05, 0.1) is 27.8 Å². The Morgan fingerprint density at radius 3 is 2.41 bits per heavy atom. The molecule has 2 aromatic carbocycles. The summed E-state index contributed by atoms with van der Waals surface area (Å²) in [6.45, 7) is 3.88. The first kappa shape index (κ1) is 23.2. The molecule has 166 valence electrons. The monoisotopic (exact) mass is 453 g/mol. The third-order valence-corrected chi connectivity index (χ3v) is 7.32. The van der Waals surface area contributed by atoms with Crippen LogP contribution in [0.4, 0.5) is 5.69 Å². The Morgan fingerprint density at radius 2 is 1.84 bits per heavy atom. The van der Waals surface area contributed by atoms with E-state index in [0.29, 0.717) is 0 Å². The van der Waals surface area contributed by atoms with Gasteiger partial charge in [-0.25, -0.2) is 13.2 Å². The molecular formula is C23H23N3O5S. The minimum Gasteiger partial charge on any atom is -0.478 e. The molecule has 2 N–H and O–H groups in total. The first-order valence-electron chi connectivity index (χ1n) is 10.1. The lowest BCUT2D eigenvalue weighted by Crippen LogP contribution is -2.38. The summed E-state index contributed by atoms with van der Waals surface area (Å²) in [5.41, 5.74) is 0.145. The first-order chi connectivity index (χ1) is 15.3. The number of hydrogen-bond donors (Lipinski definition) is 2. The standard InChI is InChI=1S/C23H23N3O5S/c1-2-13-26(18-5-3-4-6-18)32(30,31)19-10-8-17(9-11-19)22(27)25-21-12-7-16(15-24)14-20(21)23(28)29/h2,7-12,14,18H,1,3-6,13H2,(H,25,27)(H,28,29). The second kappa shape index (κ2) is 9.77. The quantitative estimate of drug-likeness (QED) is 0.588. The van der Waals surface area contributed by atoms with Crippen molar-refractivity contribution in [2.75, 3.05) is 11.9 Å². The summed E-state index contributed by atoms with van der Waals surface area (Å²) in [5.74, 6) is -1.88. The van der Waals surface area contributed by atoms with E-state index < -0.39 is 21.9 Å². The van der Waals surface area contributed by atoms with Gasteiger partial charge in [0.15, 0.2) is 0 Å². The summed E-state index contributed by atoms with van der Waals surface area (Å²) in [7, 11) is -3.75. The fourth-order valence-corrected chi connectivity index (χ4v) is 5.43. The molecular weight excluding hydrogens is 430 g/mol. The average molecular weight is 454 g/mol. The number of carboxylic acid groups (broad SMARTS) is 1. The van der Waals surface area contributed by atoms with Crippen molar-refractivity contribution >= 4 is 27.6 Å². The lowest BCUT2D eigenvalue weighted by Gasteiger charge is -2.27. The molecule has 0 aromatic heterocycles. The highest BCUT2D eigenvalue weighted by molar-refractivity contribution is 7.89. The zero-order chi connectivity index (χ0) is 23.3. The summed E-state index contributed by atoms with van der Waals surface area (Å²) in [5, 5.41) is 20.8. The van der Waals surface area contributed by atoms with Crippen LogP contribution in [0.3, 0.4) is 0 Å². The zero-order valence-corrected chi connectivity index (χ0v) is 18.1. The normalized spacial score (nSPS) is 14.1. The van der Waals surface area contributed by atoms with Crippen molar-refractivity contribution in [1.29, 1.82) is 5.26 Å². The van der Waals surface area contributed by atoms with E-state index in [4.69, 9.17) is 5.26 Å². The smallest absolute Gasteiger partial charge is 0.337 e. The van der Waals surface area contributed by atoms with Crippen molar-refractivity contribution in [3.05, 3.63) is 71.8 Å². The summed E-state index contributed by atoms with van der Waals surface area (Å²) >= 11 is 0. The number of amides is 1. The Kier molecular flexibility index (Phi) is 7.08. The number of carbonyl (C=O) groups is 2. The maximum atomic E-state index is 13.1. The highest BCUT2D eigenvalue weighted by Crippen LogP contribution is 2.29. The van der Waals surface area contributed by atoms with E-state index in [0.717, 1.165) is 25.7 Å². The molecule has 1 amide bonds. The van der Waals surface area contributed by atoms with E-state index >= 15 is 0 Å². The molecule has 0 unspecified atom stereocenters. The molecule has 2 aromatic rings. The number of nitriles is 1. The van der Waals surface area contributed by atoms with E-state index in [2.05, 4.69) is 11.9 Å². The van der Waals surface area contributed by atoms with Crippen molar-refractivity contribution in [3.63, 3.8) is 0 Å². The molecule has 0 bridgehead atoms. The Balaban J connectivity index is 1.82. The van der Waals surface area contributed by atoms with E-state index in [1.807, 2.05) is 6.07 Å². The van der Waals surface area contributed by atoms with Gasteiger partial charge >= 0.3 is 5.97 Å². The minimum atomic E-state index is -3.75. The molecule has 0 saturated heterocycles. The third-order valence-electron chi connectivity index (χ3n) is 5.39. The van der Waals surface area contributed by atoms with Crippen LogP contribution in [0.25, 0.3) is 0 Å². The van der Waals surface area contributed by atoms with Crippen LogP contribution in [0.5, 0.6) is 0 Å². The number of hydrogen-bond acceptors (Lipinski definition) is 5. The Labute approximate surface area is 186 Å². The van der Waals surface area contributed by atoms with E-state index in [-0.39, 0.29) is 39.9 Å². The first-order valence-corrected chi connectivity index (χ1v) is 11.5. The number of nitrogens with one attached hydrogen (secondary N) is 1. The second-order valence-electron chi connectivity index (χ2n) is 7.46. The number of nitrogens with zero attached hydrogens (tertiary/aromatic N) is 2. The molecule has 32 heavy (non-hydrogen) atoms. The van der Waals surface area contributed by atoms with Crippen LogP contribution in [0, 0.1) is 11.3 Å². The van der Waals surface area contributed by atoms with Gasteiger partial charge in [-0.1, -0.05) is 18.9 Å². The molecule has 1 aliphatic carbocycles. The Morgan fingerprint density at radius 1 is 1.19 bits per heavy atom. The van der Waals surface area contributed by atoms with E-state index in [9.17, 15) is 23.1 Å². The molecule has 1 saturated carbocycles. The number of rotatable bonds is 8. The SMILES string of the molecule is C=CCN(C1CCCC1)S(=O)(=O)c1ccc(C(=O)Nc2ccc(C#N)cc2C(=O)O)cc1. The van der Waals surface area contributed by atoms with Crippen molar-refractivity contribution in [2.24, 2.45) is 0 Å². The van der Waals surface area contributed by atoms with Crippen LogP contribution in [0.1, 0.15) is 52.0 Å². The van der Waals surface area contributed by atoms with Crippen LogP contribution in [-0.2, 0) is 10.0 Å². The fourth-order valence-electron chi connectivity index (χ4n) is 3.77. The Hall–Kier alpha value is -3.48. The number of carbonyl (C=O) groups excluding carboxylic acids is 1. The average Bonchev–Trinajstić information content (AvgIpc) is 3.31. The van der Waals surface area contributed by atoms with Gasteiger partial charge in [-0.05, 0) is 55.3 Å². The van der Waals surface area contributed by atoms with Gasteiger partial charge in [-0.15, -0.1) is 6.58 Å². The molecule has 0 heterocycles. The lowest BCUT2D eigenvalue weighted by atomic mass is 10.1. The summed E-state index contributed by atoms with van der Waals surface area (Å²) in [6.07, 6.45) is 5.16. The number of benzene rings is 2. The largest absolute Gasteiger partial charge is 0.478 e. The maximum absolute atomic E-state index is 13.1. The van der Waals surface area contributed by atoms with Crippen LogP contribution in [-0.4, -0.2) is 42.3 Å². The lowest BCUT2D eigenvalue weighted by molar-refractivity contribution is 0.0698. The number of carboxylic acids is 1. The summed E-state index contributed by atoms with van der Waals surface area (Å²) in [6, 6.07) is 11.2. The van der Waals surface area contributed by atoms with E-state index in [1.165, 1.54) is 46.8 Å². The van der Waals surface area contributed by atoms with Gasteiger partial charge in [-0.2, -0.15) is 9.57 Å². The van der Waals surface area contributed by atoms with Crippen molar-refractivity contribution in [1.82, 2.24) is 4.31 Å². The molecule has 1 aliphatic rings. The van der Waals surface area contributed by atoms with Crippen LogP contribution in [0.15, 0.2) is 60.0 Å². The second-order valence-corrected chi connectivity index (χ2v) is 9.35. The van der Waals surface area contributed by atoms with Crippen LogP contribution in [0.2, 0.25) is 0 Å². The van der Waals surface area contributed by atoms with Gasteiger partial charge in [0.2, 0.25) is 10.0 Å². The number of aromatic carboxylic acids is 1. The predicted octanol–water partition coefficient (Wildman–Crippen LogP) is 3.63. The van der Waals surface area contributed by atoms with Gasteiger partial charge in [0.1, 0.15) is 0 Å². The zero-order valence-electron chi connectivity index (χ0n) is 17.3. The van der Waals surface area contributed by atoms with Crippen molar-refractivity contribution in [2.45, 2.75) is 36.6 Å². The van der Waals surface area contributed by atoms with Crippen LogP contribution < -0.4 is 5.32 Å². The molecule has 8 nitrogen and oxygen atoms in total. The highest BCUT2D eigenvalue weighted by atomic mass is 32.2. The number of anilines is 1. The topological polar surface area (TPSA) is 128 Å². The summed E-state index contributed by atoms with van der Waals surface area (Å²) in [4.78, 5) is 24.1. The van der Waals surface area contributed by atoms with Gasteiger partial charge in [0.25, 0.3) is 5.91 Å². The molecule has 0 atom stereocenters. The highest BCUT2D eigenvalue weighted by Gasteiger charge is 2.32. The maximum Gasteiger partial charge on any atom is 0.337 e. The predicted molar refractivity (Wildman–Crippen MR) is 119 cm³/mol. The van der Waals surface area contributed by atoms with Gasteiger partial charge in [-0.3, -0.25) is 4.79 Å². The van der Waals surface area contributed by atoms with E-state index in [1.54, 1.807) is 6.08 Å². The van der Waals surface area contributed by atoms with Crippen molar-refractivity contribution < 1.29 is 23.1 Å².